The molecule has 0 fully saturated rings. The molecule has 0 aromatic carbocycles. The lowest BCUT2D eigenvalue weighted by Crippen LogP contribution is -3.00. The van der Waals surface area contributed by atoms with Crippen LogP contribution in [0, 0.1) is 0 Å². The van der Waals surface area contributed by atoms with Crippen molar-refractivity contribution in [3.05, 3.63) is 0 Å². The third-order valence-corrected chi connectivity index (χ3v) is 3.81. The molecule has 0 amide bonds. The molecule has 0 aliphatic heterocycles. The first-order valence-corrected chi connectivity index (χ1v) is 7.81. The van der Waals surface area contributed by atoms with E-state index < -0.39 is 0 Å². The lowest BCUT2D eigenvalue weighted by atomic mass is 10.3. The first kappa shape index (κ1) is 21.0. The molecule has 3 nitrogen and oxygen atoms in total. The second-order valence-electron chi connectivity index (χ2n) is 4.86. The van der Waals surface area contributed by atoms with Crippen LogP contribution in [-0.4, -0.2) is 54.6 Å². The van der Waals surface area contributed by atoms with E-state index in [1.165, 1.54) is 18.8 Å². The fourth-order valence-corrected chi connectivity index (χ4v) is 2.64. The Kier molecular flexibility index (Phi) is 12.8. The fraction of sp³-hybridized carbons (Fsp3) is 0.933. The Morgan fingerprint density at radius 3 is 1.53 bits per heavy atom. The van der Waals surface area contributed by atoms with Crippen molar-refractivity contribution in [3.8, 4) is 0 Å². The second kappa shape index (κ2) is 11.5. The number of quaternary nitrogens is 1. The largest absolute Gasteiger partial charge is 1.00 e. The predicted octanol–water partition coefficient (Wildman–Crippen LogP) is 0.365. The normalized spacial score (nSPS) is 12.2. The number of halogens is 1. The Morgan fingerprint density at radius 2 is 1.26 bits per heavy atom. The molecule has 0 bridgehead atoms. The van der Waals surface area contributed by atoms with Gasteiger partial charge in [0.2, 0.25) is 0 Å². The zero-order valence-corrected chi connectivity index (χ0v) is 14.6. The number of nitrogens with zero attached hydrogens (tertiary/aromatic N) is 3. The van der Waals surface area contributed by atoms with Crippen molar-refractivity contribution in [2.24, 2.45) is 4.99 Å². The summed E-state index contributed by atoms with van der Waals surface area (Å²) in [4.78, 5) is 7.38. The minimum atomic E-state index is 0. The smallest absolute Gasteiger partial charge is 0.300 e. The number of rotatable bonds is 8. The summed E-state index contributed by atoms with van der Waals surface area (Å²) in [5, 5.41) is 0. The molecule has 0 aliphatic rings. The Balaban J connectivity index is 0. The van der Waals surface area contributed by atoms with E-state index >= 15 is 0 Å². The highest BCUT2D eigenvalue weighted by Gasteiger charge is 2.32. The summed E-state index contributed by atoms with van der Waals surface area (Å²) in [7, 11) is 0. The van der Waals surface area contributed by atoms with Crippen molar-refractivity contribution in [1.29, 1.82) is 0 Å². The first-order chi connectivity index (χ1) is 8.65. The minimum absolute atomic E-state index is 0. The first-order valence-electron chi connectivity index (χ1n) is 7.81. The van der Waals surface area contributed by atoms with Crippen LogP contribution in [0.2, 0.25) is 0 Å². The number of guanidine groups is 1. The summed E-state index contributed by atoms with van der Waals surface area (Å²) in [6.07, 6.45) is 2.39. The maximum atomic E-state index is 4.86. The maximum Gasteiger partial charge on any atom is 0.300 e. The van der Waals surface area contributed by atoms with Crippen LogP contribution >= 0.6 is 0 Å². The van der Waals surface area contributed by atoms with Crippen LogP contribution in [0.1, 0.15) is 54.4 Å². The third kappa shape index (κ3) is 5.70. The van der Waals surface area contributed by atoms with Crippen LogP contribution in [0.15, 0.2) is 4.99 Å². The van der Waals surface area contributed by atoms with Gasteiger partial charge < -0.3 is 17.3 Å². The van der Waals surface area contributed by atoms with E-state index in [1.54, 1.807) is 0 Å². The molecular weight excluding hydrogens is 258 g/mol. The summed E-state index contributed by atoms with van der Waals surface area (Å²) in [6.45, 7) is 20.1. The van der Waals surface area contributed by atoms with Gasteiger partial charge in [-0.05, 0) is 40.5 Å². The maximum absolute atomic E-state index is 4.86. The molecule has 0 atom stereocenters. The summed E-state index contributed by atoms with van der Waals surface area (Å²) >= 11 is 0. The molecule has 0 unspecified atom stereocenters. The highest BCUT2D eigenvalue weighted by molar-refractivity contribution is 5.73. The van der Waals surface area contributed by atoms with E-state index in [2.05, 4.69) is 46.4 Å². The van der Waals surface area contributed by atoms with Gasteiger partial charge in [0.1, 0.15) is 0 Å². The molecule has 0 radical (unpaired) electrons. The number of hydrogen-bond donors (Lipinski definition) is 0. The Morgan fingerprint density at radius 1 is 0.842 bits per heavy atom. The standard InChI is InChI=1S/C15H34N3.ClH/c1-7-13-17(14-8-2)15(16-9-3)18(10-4,11-5)12-6;/h7-14H2,1-6H3;1H/q+1;/p-1. The highest BCUT2D eigenvalue weighted by atomic mass is 35.5. The van der Waals surface area contributed by atoms with Crippen molar-refractivity contribution in [2.45, 2.75) is 54.4 Å². The molecule has 0 rings (SSSR count). The second-order valence-corrected chi connectivity index (χ2v) is 4.86. The van der Waals surface area contributed by atoms with Crippen molar-refractivity contribution >= 4 is 5.96 Å². The molecular formula is C15H34ClN3. The van der Waals surface area contributed by atoms with Gasteiger partial charge in [-0.15, -0.1) is 0 Å². The average molecular weight is 292 g/mol. The van der Waals surface area contributed by atoms with Gasteiger partial charge in [-0.3, -0.25) is 4.48 Å². The third-order valence-electron chi connectivity index (χ3n) is 3.81. The van der Waals surface area contributed by atoms with Crippen LogP contribution in [0.3, 0.4) is 0 Å². The molecule has 0 N–H and O–H groups in total. The van der Waals surface area contributed by atoms with Gasteiger partial charge in [-0.1, -0.05) is 13.8 Å². The van der Waals surface area contributed by atoms with Crippen molar-refractivity contribution in [1.82, 2.24) is 4.90 Å². The molecule has 0 saturated carbocycles. The predicted molar refractivity (Wildman–Crippen MR) is 82.0 cm³/mol. The van der Waals surface area contributed by atoms with Crippen LogP contribution < -0.4 is 12.4 Å². The monoisotopic (exact) mass is 291 g/mol. The van der Waals surface area contributed by atoms with Crippen LogP contribution in [0.25, 0.3) is 0 Å². The van der Waals surface area contributed by atoms with Gasteiger partial charge in [0.15, 0.2) is 0 Å². The summed E-state index contributed by atoms with van der Waals surface area (Å²) in [6, 6.07) is 0. The van der Waals surface area contributed by atoms with Gasteiger partial charge >= 0.3 is 0 Å². The zero-order valence-electron chi connectivity index (χ0n) is 13.9. The fourth-order valence-electron chi connectivity index (χ4n) is 2.64. The van der Waals surface area contributed by atoms with Crippen molar-refractivity contribution < 1.29 is 16.9 Å². The van der Waals surface area contributed by atoms with Gasteiger partial charge in [-0.2, -0.15) is 0 Å². The topological polar surface area (TPSA) is 15.6 Å². The van der Waals surface area contributed by atoms with E-state index in [1.807, 2.05) is 0 Å². The molecule has 116 valence electrons. The molecule has 0 aromatic rings. The van der Waals surface area contributed by atoms with E-state index in [0.717, 1.165) is 43.8 Å². The lowest BCUT2D eigenvalue weighted by molar-refractivity contribution is -0.841. The molecule has 0 saturated heterocycles. The molecule has 0 aliphatic carbocycles. The number of aliphatic imine (C=N–C) groups is 1. The summed E-state index contributed by atoms with van der Waals surface area (Å²) < 4.78 is 1.02. The van der Waals surface area contributed by atoms with Gasteiger partial charge in [-0.25, -0.2) is 4.99 Å². The average Bonchev–Trinajstić information content (AvgIpc) is 2.40. The van der Waals surface area contributed by atoms with Gasteiger partial charge in [0, 0.05) is 19.6 Å². The van der Waals surface area contributed by atoms with Crippen molar-refractivity contribution in [2.75, 3.05) is 39.3 Å². The summed E-state index contributed by atoms with van der Waals surface area (Å²) in [5.74, 6) is 1.31. The van der Waals surface area contributed by atoms with Crippen LogP contribution in [0.5, 0.6) is 0 Å². The molecule has 0 heterocycles. The Hall–Kier alpha value is -0.280. The highest BCUT2D eigenvalue weighted by Crippen LogP contribution is 2.13. The summed E-state index contributed by atoms with van der Waals surface area (Å²) in [5.41, 5.74) is 0. The molecule has 19 heavy (non-hydrogen) atoms. The van der Waals surface area contributed by atoms with Gasteiger partial charge in [0.25, 0.3) is 5.96 Å². The zero-order chi connectivity index (χ0) is 14.0. The van der Waals surface area contributed by atoms with Crippen LogP contribution in [0.4, 0.5) is 0 Å². The van der Waals surface area contributed by atoms with Crippen LogP contribution in [-0.2, 0) is 0 Å². The van der Waals surface area contributed by atoms with Crippen molar-refractivity contribution in [3.63, 3.8) is 0 Å². The van der Waals surface area contributed by atoms with Gasteiger partial charge in [0.05, 0.1) is 19.6 Å². The number of hydrogen-bond acceptors (Lipinski definition) is 1. The molecule has 0 spiro atoms. The Bertz CT molecular complexity index is 223. The van der Waals surface area contributed by atoms with E-state index in [9.17, 15) is 0 Å². The lowest BCUT2D eigenvalue weighted by Gasteiger charge is -2.40. The van der Waals surface area contributed by atoms with E-state index in [-0.39, 0.29) is 12.4 Å². The molecule has 4 heteroatoms. The van der Waals surface area contributed by atoms with E-state index in [4.69, 9.17) is 4.99 Å². The molecule has 0 aromatic heterocycles. The minimum Gasteiger partial charge on any atom is -1.00 e. The Labute approximate surface area is 127 Å². The van der Waals surface area contributed by atoms with E-state index in [0.29, 0.717) is 0 Å². The SMILES string of the molecule is CCCN(CCC)C(=NCC)[N+](CC)(CC)CC.[Cl-]. The quantitative estimate of drug-likeness (QED) is 0.358.